The van der Waals surface area contributed by atoms with Gasteiger partial charge in [-0.1, -0.05) is 11.6 Å². The van der Waals surface area contributed by atoms with Crippen molar-refractivity contribution < 1.29 is 4.74 Å². The molecule has 0 radical (unpaired) electrons. The molecule has 1 rings (SSSR count). The second-order valence-electron chi connectivity index (χ2n) is 2.05. The van der Waals surface area contributed by atoms with E-state index < -0.39 is 0 Å². The zero-order chi connectivity index (χ0) is 9.68. The van der Waals surface area contributed by atoms with Gasteiger partial charge >= 0.3 is 0 Å². The highest BCUT2D eigenvalue weighted by atomic mass is 35.5. The molecule has 0 spiro atoms. The Morgan fingerprint density at radius 2 is 2.38 bits per heavy atom. The van der Waals surface area contributed by atoms with Gasteiger partial charge in [-0.2, -0.15) is 0 Å². The average molecular weight is 219 g/mol. The van der Waals surface area contributed by atoms with Crippen LogP contribution in [0.5, 0.6) is 0 Å². The van der Waals surface area contributed by atoms with Crippen LogP contribution >= 0.6 is 23.8 Å². The molecule has 0 unspecified atom stereocenters. The Morgan fingerprint density at radius 1 is 1.62 bits per heavy atom. The normalized spacial score (nSPS) is 9.38. The van der Waals surface area contributed by atoms with Gasteiger partial charge < -0.3 is 4.74 Å². The first-order valence-electron chi connectivity index (χ1n) is 3.32. The Hall–Kier alpha value is -0.980. The summed E-state index contributed by atoms with van der Waals surface area (Å²) in [4.78, 5) is 7.75. The molecule has 0 aliphatic carbocycles. The van der Waals surface area contributed by atoms with E-state index in [1.165, 1.54) is 12.4 Å². The third-order valence-corrected chi connectivity index (χ3v) is 1.57. The molecule has 70 valence electrons. The number of rotatable bonds is 2. The van der Waals surface area contributed by atoms with Gasteiger partial charge in [0.15, 0.2) is 0 Å². The van der Waals surface area contributed by atoms with Gasteiger partial charge in [0.2, 0.25) is 0 Å². The van der Waals surface area contributed by atoms with Crippen LogP contribution in [0.2, 0.25) is 5.15 Å². The fourth-order valence-corrected chi connectivity index (χ4v) is 0.751. The molecule has 0 bridgehead atoms. The first kappa shape index (κ1) is 10.1. The summed E-state index contributed by atoms with van der Waals surface area (Å²) in [5, 5.41) is 0.444. The third-order valence-electron chi connectivity index (χ3n) is 1.14. The third kappa shape index (κ3) is 3.49. The maximum absolute atomic E-state index is 5.53. The van der Waals surface area contributed by atoms with Crippen molar-refractivity contribution in [1.82, 2.24) is 15.4 Å². The summed E-state index contributed by atoms with van der Waals surface area (Å²) in [6, 6.07) is 0. The summed E-state index contributed by atoms with van der Waals surface area (Å²) in [5.41, 5.74) is 2.81. The predicted octanol–water partition coefficient (Wildman–Crippen LogP) is 0.395. The van der Waals surface area contributed by atoms with Gasteiger partial charge in [-0.15, -0.1) is 0 Å². The topological polar surface area (TPSA) is 73.1 Å². The van der Waals surface area contributed by atoms with Crippen molar-refractivity contribution >= 4 is 29.0 Å². The van der Waals surface area contributed by atoms with E-state index in [0.29, 0.717) is 10.8 Å². The number of ether oxygens (including phenoxy) is 1. The van der Waals surface area contributed by atoms with Crippen molar-refractivity contribution in [1.29, 1.82) is 0 Å². The molecule has 0 aromatic carbocycles. The second-order valence-corrected chi connectivity index (χ2v) is 2.81. The lowest BCUT2D eigenvalue weighted by molar-refractivity contribution is 0.282. The van der Waals surface area contributed by atoms with E-state index >= 15 is 0 Å². The van der Waals surface area contributed by atoms with Crippen LogP contribution in [0.15, 0.2) is 12.4 Å². The Balaban J connectivity index is 2.46. The highest BCUT2D eigenvalue weighted by molar-refractivity contribution is 7.80. The number of thiocarbonyl (C=S) groups is 1. The molecule has 0 atom stereocenters. The van der Waals surface area contributed by atoms with Crippen molar-refractivity contribution in [3.8, 4) is 0 Å². The summed E-state index contributed by atoms with van der Waals surface area (Å²) in [6.07, 6.45) is 2.93. The lowest BCUT2D eigenvalue weighted by atomic mass is 10.5. The maximum atomic E-state index is 5.53. The van der Waals surface area contributed by atoms with Gasteiger partial charge in [0, 0.05) is 0 Å². The standard InChI is InChI=1S/C6H7ClN4OS/c7-5-2-9-4(1-10-5)3-12-6(13)11-8/h1-2H,3,8H2,(H,11,13). The SMILES string of the molecule is NNC(=S)OCc1cnc(Cl)cn1. The summed E-state index contributed by atoms with van der Waals surface area (Å²) < 4.78 is 4.97. The molecule has 13 heavy (non-hydrogen) atoms. The Morgan fingerprint density at radius 3 is 2.92 bits per heavy atom. The van der Waals surface area contributed by atoms with Gasteiger partial charge in [0.25, 0.3) is 5.17 Å². The second kappa shape index (κ2) is 4.90. The number of nitrogens with two attached hydrogens (primary N) is 1. The van der Waals surface area contributed by atoms with Crippen molar-refractivity contribution in [2.75, 3.05) is 0 Å². The molecule has 1 heterocycles. The van der Waals surface area contributed by atoms with Crippen LogP contribution in [-0.4, -0.2) is 15.1 Å². The lowest BCUT2D eigenvalue weighted by Gasteiger charge is -2.04. The van der Waals surface area contributed by atoms with E-state index in [9.17, 15) is 0 Å². The number of hydrogen-bond acceptors (Lipinski definition) is 5. The minimum absolute atomic E-state index is 0.108. The van der Waals surface area contributed by atoms with Gasteiger partial charge in [-0.25, -0.2) is 10.8 Å². The average Bonchev–Trinajstić information content (AvgIpc) is 2.16. The number of hydrogen-bond donors (Lipinski definition) is 2. The Labute approximate surface area is 85.2 Å². The first-order chi connectivity index (χ1) is 6.22. The summed E-state index contributed by atoms with van der Waals surface area (Å²) in [7, 11) is 0. The van der Waals surface area contributed by atoms with Crippen molar-refractivity contribution in [2.24, 2.45) is 5.84 Å². The van der Waals surface area contributed by atoms with Gasteiger partial charge in [0.05, 0.1) is 18.1 Å². The molecule has 5 nitrogen and oxygen atoms in total. The summed E-state index contributed by atoms with van der Waals surface area (Å²) >= 11 is 10.2. The van der Waals surface area contributed by atoms with E-state index in [-0.39, 0.29) is 11.8 Å². The molecule has 7 heteroatoms. The van der Waals surface area contributed by atoms with E-state index in [0.717, 1.165) is 0 Å². The van der Waals surface area contributed by atoms with E-state index in [1.807, 2.05) is 0 Å². The van der Waals surface area contributed by atoms with Crippen molar-refractivity contribution in [2.45, 2.75) is 6.61 Å². The molecule has 1 aromatic heterocycles. The van der Waals surface area contributed by atoms with Crippen LogP contribution in [0.1, 0.15) is 5.69 Å². The molecule has 0 saturated carbocycles. The van der Waals surface area contributed by atoms with Gasteiger partial charge in [0.1, 0.15) is 11.8 Å². The van der Waals surface area contributed by atoms with Crippen molar-refractivity contribution in [3.05, 3.63) is 23.2 Å². The summed E-state index contributed by atoms with van der Waals surface area (Å²) in [5.74, 6) is 4.99. The molecule has 0 aliphatic heterocycles. The molecule has 3 N–H and O–H groups in total. The number of aromatic nitrogens is 2. The van der Waals surface area contributed by atoms with E-state index in [1.54, 1.807) is 0 Å². The number of halogens is 1. The van der Waals surface area contributed by atoms with Crippen LogP contribution < -0.4 is 11.3 Å². The highest BCUT2D eigenvalue weighted by Gasteiger charge is 1.98. The monoisotopic (exact) mass is 218 g/mol. The smallest absolute Gasteiger partial charge is 0.271 e. The molecule has 0 fully saturated rings. The predicted molar refractivity (Wildman–Crippen MR) is 51.8 cm³/mol. The highest BCUT2D eigenvalue weighted by Crippen LogP contribution is 2.02. The fraction of sp³-hybridized carbons (Fsp3) is 0.167. The largest absolute Gasteiger partial charge is 0.464 e. The molecule has 0 saturated heterocycles. The van der Waals surface area contributed by atoms with Crippen LogP contribution in [0.3, 0.4) is 0 Å². The summed E-state index contributed by atoms with van der Waals surface area (Å²) in [6.45, 7) is 0.215. The zero-order valence-electron chi connectivity index (χ0n) is 6.53. The quantitative estimate of drug-likeness (QED) is 0.425. The minimum atomic E-state index is 0.108. The lowest BCUT2D eigenvalue weighted by Crippen LogP contribution is -2.30. The van der Waals surface area contributed by atoms with Gasteiger partial charge in [-0.3, -0.25) is 10.4 Å². The maximum Gasteiger partial charge on any atom is 0.271 e. The van der Waals surface area contributed by atoms with E-state index in [2.05, 4.69) is 27.6 Å². The van der Waals surface area contributed by atoms with E-state index in [4.69, 9.17) is 22.2 Å². The van der Waals surface area contributed by atoms with Crippen LogP contribution in [0, 0.1) is 0 Å². The van der Waals surface area contributed by atoms with Gasteiger partial charge in [-0.05, 0) is 12.2 Å². The molecular formula is C6H7ClN4OS. The minimum Gasteiger partial charge on any atom is -0.464 e. The number of nitrogens with zero attached hydrogens (tertiary/aromatic N) is 2. The van der Waals surface area contributed by atoms with Crippen LogP contribution in [0.25, 0.3) is 0 Å². The molecular weight excluding hydrogens is 212 g/mol. The number of nitrogens with one attached hydrogen (secondary N) is 1. The first-order valence-corrected chi connectivity index (χ1v) is 4.11. The number of hydrazine groups is 1. The van der Waals surface area contributed by atoms with Crippen molar-refractivity contribution in [3.63, 3.8) is 0 Å². The fourth-order valence-electron chi connectivity index (χ4n) is 0.595. The molecule has 0 amide bonds. The van der Waals surface area contributed by atoms with Crippen LogP contribution in [0.4, 0.5) is 0 Å². The Bertz CT molecular complexity index is 291. The Kier molecular flexibility index (Phi) is 3.81. The van der Waals surface area contributed by atoms with Crippen LogP contribution in [-0.2, 0) is 11.3 Å². The zero-order valence-corrected chi connectivity index (χ0v) is 8.10. The molecule has 0 aliphatic rings. The molecule has 1 aromatic rings.